The summed E-state index contributed by atoms with van der Waals surface area (Å²) in [4.78, 5) is 4.20. The summed E-state index contributed by atoms with van der Waals surface area (Å²) >= 11 is 0. The SMILES string of the molecule is CCn1ccnc1NC(C)c1nn[nH]n1. The van der Waals surface area contributed by atoms with Crippen LogP contribution in [0.15, 0.2) is 12.4 Å². The third kappa shape index (κ3) is 1.95. The molecule has 2 aromatic heterocycles. The molecule has 0 aliphatic rings. The molecule has 7 heteroatoms. The van der Waals surface area contributed by atoms with Crippen molar-refractivity contribution in [3.05, 3.63) is 18.2 Å². The van der Waals surface area contributed by atoms with Gasteiger partial charge in [0.05, 0.1) is 6.04 Å². The number of aromatic nitrogens is 6. The molecular formula is C8H13N7. The monoisotopic (exact) mass is 207 g/mol. The molecule has 0 saturated heterocycles. The fourth-order valence-corrected chi connectivity index (χ4v) is 1.32. The van der Waals surface area contributed by atoms with Crippen molar-refractivity contribution in [3.8, 4) is 0 Å². The average Bonchev–Trinajstić information content (AvgIpc) is 2.87. The Morgan fingerprint density at radius 1 is 1.60 bits per heavy atom. The maximum Gasteiger partial charge on any atom is 0.203 e. The molecular weight excluding hydrogens is 194 g/mol. The van der Waals surface area contributed by atoms with Gasteiger partial charge in [0.15, 0.2) is 5.82 Å². The zero-order chi connectivity index (χ0) is 10.7. The van der Waals surface area contributed by atoms with Gasteiger partial charge in [-0.2, -0.15) is 5.21 Å². The predicted octanol–water partition coefficient (Wildman–Crippen LogP) is 0.589. The number of nitrogens with one attached hydrogen (secondary N) is 2. The molecule has 0 saturated carbocycles. The molecule has 1 unspecified atom stereocenters. The standard InChI is InChI=1S/C8H13N7/c1-3-15-5-4-9-8(15)10-6(2)7-11-13-14-12-7/h4-6H,3H2,1-2H3,(H,9,10)(H,11,12,13,14). The normalized spacial score (nSPS) is 12.7. The first-order chi connectivity index (χ1) is 7.31. The lowest BCUT2D eigenvalue weighted by molar-refractivity contribution is 0.725. The van der Waals surface area contributed by atoms with Crippen LogP contribution in [0.2, 0.25) is 0 Å². The van der Waals surface area contributed by atoms with E-state index < -0.39 is 0 Å². The maximum atomic E-state index is 4.20. The topological polar surface area (TPSA) is 84.3 Å². The van der Waals surface area contributed by atoms with Gasteiger partial charge in [-0.25, -0.2) is 4.98 Å². The maximum absolute atomic E-state index is 4.20. The summed E-state index contributed by atoms with van der Waals surface area (Å²) < 4.78 is 2.01. The number of hydrogen-bond donors (Lipinski definition) is 2. The van der Waals surface area contributed by atoms with Crippen molar-refractivity contribution in [2.45, 2.75) is 26.4 Å². The number of rotatable bonds is 4. The van der Waals surface area contributed by atoms with Crippen LogP contribution in [0.4, 0.5) is 5.95 Å². The van der Waals surface area contributed by atoms with Gasteiger partial charge in [0.25, 0.3) is 0 Å². The molecule has 2 rings (SSSR count). The second-order valence-electron chi connectivity index (χ2n) is 3.17. The molecule has 0 bridgehead atoms. The van der Waals surface area contributed by atoms with Crippen LogP contribution >= 0.6 is 0 Å². The second-order valence-corrected chi connectivity index (χ2v) is 3.17. The highest BCUT2D eigenvalue weighted by Gasteiger charge is 2.11. The molecule has 15 heavy (non-hydrogen) atoms. The fraction of sp³-hybridized carbons (Fsp3) is 0.500. The van der Waals surface area contributed by atoms with Crippen LogP contribution < -0.4 is 5.32 Å². The number of nitrogens with zero attached hydrogens (tertiary/aromatic N) is 5. The minimum atomic E-state index is -0.0172. The van der Waals surface area contributed by atoms with Crippen LogP contribution in [0, 0.1) is 0 Å². The summed E-state index contributed by atoms with van der Waals surface area (Å²) in [5.41, 5.74) is 0. The molecule has 0 aliphatic heterocycles. The first-order valence-electron chi connectivity index (χ1n) is 4.82. The van der Waals surface area contributed by atoms with E-state index in [0.29, 0.717) is 5.82 Å². The van der Waals surface area contributed by atoms with E-state index in [9.17, 15) is 0 Å². The minimum absolute atomic E-state index is 0.0172. The number of anilines is 1. The largest absolute Gasteiger partial charge is 0.346 e. The second kappa shape index (κ2) is 4.07. The first kappa shape index (κ1) is 9.63. The van der Waals surface area contributed by atoms with Gasteiger partial charge < -0.3 is 9.88 Å². The Bertz CT molecular complexity index is 404. The Balaban J connectivity index is 2.09. The van der Waals surface area contributed by atoms with Gasteiger partial charge >= 0.3 is 0 Å². The number of aryl methyl sites for hydroxylation is 1. The number of imidazole rings is 1. The van der Waals surface area contributed by atoms with E-state index in [1.54, 1.807) is 6.20 Å². The number of hydrogen-bond acceptors (Lipinski definition) is 5. The zero-order valence-electron chi connectivity index (χ0n) is 8.68. The number of aromatic amines is 1. The zero-order valence-corrected chi connectivity index (χ0v) is 8.68. The van der Waals surface area contributed by atoms with Crippen LogP contribution in [-0.4, -0.2) is 30.2 Å². The summed E-state index contributed by atoms with van der Waals surface area (Å²) in [6.07, 6.45) is 3.68. The van der Waals surface area contributed by atoms with Gasteiger partial charge in [-0.15, -0.1) is 10.2 Å². The van der Waals surface area contributed by atoms with E-state index in [1.807, 2.05) is 17.7 Å². The summed E-state index contributed by atoms with van der Waals surface area (Å²) in [5, 5.41) is 17.0. The van der Waals surface area contributed by atoms with E-state index >= 15 is 0 Å². The third-order valence-electron chi connectivity index (χ3n) is 2.15. The van der Waals surface area contributed by atoms with Crippen LogP contribution in [0.25, 0.3) is 0 Å². The van der Waals surface area contributed by atoms with Crippen molar-refractivity contribution in [2.75, 3.05) is 5.32 Å². The first-order valence-corrected chi connectivity index (χ1v) is 4.82. The van der Waals surface area contributed by atoms with Crippen molar-refractivity contribution < 1.29 is 0 Å². The van der Waals surface area contributed by atoms with E-state index in [1.165, 1.54) is 0 Å². The van der Waals surface area contributed by atoms with Gasteiger partial charge in [-0.05, 0) is 13.8 Å². The Morgan fingerprint density at radius 2 is 2.47 bits per heavy atom. The van der Waals surface area contributed by atoms with Crippen LogP contribution in [-0.2, 0) is 6.54 Å². The van der Waals surface area contributed by atoms with Crippen LogP contribution in [0.1, 0.15) is 25.7 Å². The van der Waals surface area contributed by atoms with Crippen molar-refractivity contribution >= 4 is 5.95 Å². The van der Waals surface area contributed by atoms with E-state index in [2.05, 4.69) is 37.8 Å². The Labute approximate surface area is 86.9 Å². The highest BCUT2D eigenvalue weighted by Crippen LogP contribution is 2.13. The number of tetrazole rings is 1. The minimum Gasteiger partial charge on any atom is -0.346 e. The summed E-state index contributed by atoms with van der Waals surface area (Å²) in [6, 6.07) is -0.0172. The van der Waals surface area contributed by atoms with E-state index in [4.69, 9.17) is 0 Å². The Kier molecular flexibility index (Phi) is 2.61. The molecule has 2 N–H and O–H groups in total. The van der Waals surface area contributed by atoms with Crippen molar-refractivity contribution in [2.24, 2.45) is 0 Å². The van der Waals surface area contributed by atoms with Gasteiger partial charge in [-0.3, -0.25) is 0 Å². The van der Waals surface area contributed by atoms with Crippen molar-refractivity contribution in [1.29, 1.82) is 0 Å². The molecule has 2 heterocycles. The molecule has 80 valence electrons. The lowest BCUT2D eigenvalue weighted by Crippen LogP contribution is -2.12. The molecule has 2 aromatic rings. The molecule has 0 fully saturated rings. The molecule has 0 aromatic carbocycles. The van der Waals surface area contributed by atoms with Crippen LogP contribution in [0.3, 0.4) is 0 Å². The molecule has 0 aliphatic carbocycles. The summed E-state index contributed by atoms with van der Waals surface area (Å²) in [6.45, 7) is 4.90. The van der Waals surface area contributed by atoms with Gasteiger partial charge in [-0.1, -0.05) is 5.21 Å². The lowest BCUT2D eigenvalue weighted by Gasteiger charge is -2.11. The van der Waals surface area contributed by atoms with Crippen molar-refractivity contribution in [1.82, 2.24) is 30.2 Å². The highest BCUT2D eigenvalue weighted by atomic mass is 15.5. The number of H-pyrrole nitrogens is 1. The molecule has 7 nitrogen and oxygen atoms in total. The van der Waals surface area contributed by atoms with Crippen LogP contribution in [0.5, 0.6) is 0 Å². The van der Waals surface area contributed by atoms with E-state index in [0.717, 1.165) is 12.5 Å². The quantitative estimate of drug-likeness (QED) is 0.766. The molecule has 0 amide bonds. The van der Waals surface area contributed by atoms with Crippen molar-refractivity contribution in [3.63, 3.8) is 0 Å². The summed E-state index contributed by atoms with van der Waals surface area (Å²) in [5.74, 6) is 1.44. The average molecular weight is 207 g/mol. The third-order valence-corrected chi connectivity index (χ3v) is 2.15. The molecule has 0 spiro atoms. The summed E-state index contributed by atoms with van der Waals surface area (Å²) in [7, 11) is 0. The van der Waals surface area contributed by atoms with Gasteiger partial charge in [0.2, 0.25) is 5.95 Å². The fourth-order valence-electron chi connectivity index (χ4n) is 1.32. The molecule has 0 radical (unpaired) electrons. The Hall–Kier alpha value is -1.92. The predicted molar refractivity (Wildman–Crippen MR) is 54.1 cm³/mol. The van der Waals surface area contributed by atoms with E-state index in [-0.39, 0.29) is 6.04 Å². The Morgan fingerprint density at radius 3 is 3.13 bits per heavy atom. The van der Waals surface area contributed by atoms with Gasteiger partial charge in [0.1, 0.15) is 0 Å². The highest BCUT2D eigenvalue weighted by molar-refractivity contribution is 5.28. The lowest BCUT2D eigenvalue weighted by atomic mass is 10.3. The smallest absolute Gasteiger partial charge is 0.203 e. The van der Waals surface area contributed by atoms with Gasteiger partial charge in [0, 0.05) is 18.9 Å². The molecule has 1 atom stereocenters.